The number of nitrogens with two attached hydrogens (primary N) is 1. The lowest BCUT2D eigenvalue weighted by atomic mass is 10.2. The number of nitrogen functional groups attached to an aromatic ring is 1. The van der Waals surface area contributed by atoms with Gasteiger partial charge in [-0.2, -0.15) is 0 Å². The Morgan fingerprint density at radius 2 is 2.18 bits per heavy atom. The number of esters is 1. The molecular formula is C11H13ClN2O3. The molecule has 0 unspecified atom stereocenters. The monoisotopic (exact) mass is 256 g/mol. The van der Waals surface area contributed by atoms with Gasteiger partial charge in [0.05, 0.1) is 16.3 Å². The maximum Gasteiger partial charge on any atom is 0.338 e. The fourth-order valence-corrected chi connectivity index (χ4v) is 1.25. The number of halogens is 1. The van der Waals surface area contributed by atoms with Crippen LogP contribution in [-0.2, 0) is 9.53 Å². The van der Waals surface area contributed by atoms with Crippen LogP contribution < -0.4 is 11.1 Å². The van der Waals surface area contributed by atoms with E-state index in [1.54, 1.807) is 6.92 Å². The van der Waals surface area contributed by atoms with Crippen molar-refractivity contribution in [2.24, 2.45) is 0 Å². The van der Waals surface area contributed by atoms with Crippen molar-refractivity contribution in [3.63, 3.8) is 0 Å². The quantitative estimate of drug-likeness (QED) is 0.627. The van der Waals surface area contributed by atoms with Gasteiger partial charge in [-0.1, -0.05) is 11.6 Å². The third-order valence-electron chi connectivity index (χ3n) is 1.94. The molecule has 1 rings (SSSR count). The first-order chi connectivity index (χ1) is 8.04. The molecule has 0 heterocycles. The third-order valence-corrected chi connectivity index (χ3v) is 2.28. The van der Waals surface area contributed by atoms with Crippen LogP contribution in [0.1, 0.15) is 17.3 Å². The van der Waals surface area contributed by atoms with E-state index in [-0.39, 0.29) is 18.1 Å². The van der Waals surface area contributed by atoms with Gasteiger partial charge in [0, 0.05) is 6.54 Å². The van der Waals surface area contributed by atoms with Crippen molar-refractivity contribution < 1.29 is 14.3 Å². The van der Waals surface area contributed by atoms with Gasteiger partial charge in [0.2, 0.25) is 0 Å². The number of likely N-dealkylation sites (N-methyl/N-ethyl adjacent to an activating group) is 1. The van der Waals surface area contributed by atoms with E-state index in [2.05, 4.69) is 5.32 Å². The summed E-state index contributed by atoms with van der Waals surface area (Å²) in [6.07, 6.45) is 0. The van der Waals surface area contributed by atoms with Crippen molar-refractivity contribution >= 4 is 29.2 Å². The maximum atomic E-state index is 11.5. The minimum Gasteiger partial charge on any atom is -0.452 e. The SMILES string of the molecule is CCNC(=O)COC(=O)c1ccc(Cl)c(N)c1. The van der Waals surface area contributed by atoms with Crippen LogP contribution >= 0.6 is 11.6 Å². The topological polar surface area (TPSA) is 81.4 Å². The standard InChI is InChI=1S/C11H13ClN2O3/c1-2-14-10(15)6-17-11(16)7-3-4-8(12)9(13)5-7/h3-5H,2,6,13H2,1H3,(H,14,15). The van der Waals surface area contributed by atoms with Crippen LogP contribution in [0.2, 0.25) is 5.02 Å². The Morgan fingerprint density at radius 3 is 2.76 bits per heavy atom. The van der Waals surface area contributed by atoms with Gasteiger partial charge in [0.1, 0.15) is 0 Å². The number of amides is 1. The van der Waals surface area contributed by atoms with Gasteiger partial charge >= 0.3 is 5.97 Å². The summed E-state index contributed by atoms with van der Waals surface area (Å²) in [5, 5.41) is 2.88. The van der Waals surface area contributed by atoms with E-state index in [0.29, 0.717) is 17.3 Å². The fraction of sp³-hybridized carbons (Fsp3) is 0.273. The lowest BCUT2D eigenvalue weighted by Gasteiger charge is -2.06. The van der Waals surface area contributed by atoms with E-state index >= 15 is 0 Å². The largest absolute Gasteiger partial charge is 0.452 e. The molecule has 0 aliphatic heterocycles. The third kappa shape index (κ3) is 3.96. The molecule has 0 fully saturated rings. The molecule has 92 valence electrons. The number of benzene rings is 1. The summed E-state index contributed by atoms with van der Waals surface area (Å²) in [5.74, 6) is -0.956. The second kappa shape index (κ2) is 6.10. The number of nitrogens with one attached hydrogen (secondary N) is 1. The molecule has 1 aromatic carbocycles. The summed E-state index contributed by atoms with van der Waals surface area (Å²) in [6, 6.07) is 4.39. The predicted octanol–water partition coefficient (Wildman–Crippen LogP) is 1.22. The highest BCUT2D eigenvalue weighted by Crippen LogP contribution is 2.19. The molecule has 0 aromatic heterocycles. The second-order valence-corrected chi connectivity index (χ2v) is 3.67. The number of ether oxygens (including phenoxy) is 1. The molecule has 1 aromatic rings. The second-order valence-electron chi connectivity index (χ2n) is 3.27. The summed E-state index contributed by atoms with van der Waals surface area (Å²) >= 11 is 5.71. The average Bonchev–Trinajstić information content (AvgIpc) is 2.30. The van der Waals surface area contributed by atoms with Crippen molar-refractivity contribution in [2.45, 2.75) is 6.92 Å². The van der Waals surface area contributed by atoms with Gasteiger partial charge in [0.25, 0.3) is 5.91 Å². The molecule has 3 N–H and O–H groups in total. The molecule has 0 saturated heterocycles. The average molecular weight is 257 g/mol. The summed E-state index contributed by atoms with van der Waals surface area (Å²) in [5.41, 5.74) is 6.09. The van der Waals surface area contributed by atoms with Gasteiger partial charge in [0.15, 0.2) is 6.61 Å². The number of anilines is 1. The molecule has 0 atom stereocenters. The van der Waals surface area contributed by atoms with Crippen LogP contribution in [0.5, 0.6) is 0 Å². The van der Waals surface area contributed by atoms with Gasteiger partial charge < -0.3 is 15.8 Å². The molecule has 0 radical (unpaired) electrons. The van der Waals surface area contributed by atoms with E-state index in [9.17, 15) is 9.59 Å². The smallest absolute Gasteiger partial charge is 0.338 e. The Bertz CT molecular complexity index is 435. The highest BCUT2D eigenvalue weighted by atomic mass is 35.5. The van der Waals surface area contributed by atoms with Crippen molar-refractivity contribution in [1.29, 1.82) is 0 Å². The number of rotatable bonds is 4. The summed E-state index contributed by atoms with van der Waals surface area (Å²) in [4.78, 5) is 22.6. The van der Waals surface area contributed by atoms with Crippen molar-refractivity contribution in [2.75, 3.05) is 18.9 Å². The molecular weight excluding hydrogens is 244 g/mol. The van der Waals surface area contributed by atoms with E-state index < -0.39 is 5.97 Å². The first-order valence-corrected chi connectivity index (χ1v) is 5.41. The number of carbonyl (C=O) groups is 2. The lowest BCUT2D eigenvalue weighted by molar-refractivity contribution is -0.124. The zero-order valence-electron chi connectivity index (χ0n) is 9.33. The van der Waals surface area contributed by atoms with Gasteiger partial charge in [-0.15, -0.1) is 0 Å². The van der Waals surface area contributed by atoms with Crippen LogP contribution in [0.15, 0.2) is 18.2 Å². The summed E-state index contributed by atoms with van der Waals surface area (Å²) < 4.78 is 4.79. The molecule has 17 heavy (non-hydrogen) atoms. The number of carbonyl (C=O) groups excluding carboxylic acids is 2. The Balaban J connectivity index is 2.58. The molecule has 0 bridgehead atoms. The van der Waals surface area contributed by atoms with E-state index in [1.165, 1.54) is 18.2 Å². The van der Waals surface area contributed by atoms with Crippen LogP contribution in [0.25, 0.3) is 0 Å². The zero-order chi connectivity index (χ0) is 12.8. The summed E-state index contributed by atoms with van der Waals surface area (Å²) in [7, 11) is 0. The van der Waals surface area contributed by atoms with Crippen molar-refractivity contribution in [3.05, 3.63) is 28.8 Å². The Hall–Kier alpha value is -1.75. The molecule has 0 spiro atoms. The predicted molar refractivity (Wildman–Crippen MR) is 64.8 cm³/mol. The minimum absolute atomic E-state index is 0.260. The highest BCUT2D eigenvalue weighted by molar-refractivity contribution is 6.33. The zero-order valence-corrected chi connectivity index (χ0v) is 10.1. The van der Waals surface area contributed by atoms with Crippen LogP contribution in [-0.4, -0.2) is 25.0 Å². The van der Waals surface area contributed by atoms with Crippen LogP contribution in [0, 0.1) is 0 Å². The molecule has 0 saturated carbocycles. The first-order valence-electron chi connectivity index (χ1n) is 5.03. The molecule has 6 heteroatoms. The van der Waals surface area contributed by atoms with Crippen LogP contribution in [0.3, 0.4) is 0 Å². The Labute approximate surface area is 104 Å². The fourth-order valence-electron chi connectivity index (χ4n) is 1.13. The summed E-state index contributed by atoms with van der Waals surface area (Å²) in [6.45, 7) is 1.96. The normalized spacial score (nSPS) is 9.76. The van der Waals surface area contributed by atoms with Gasteiger partial charge in [-0.05, 0) is 25.1 Å². The number of hydrogen-bond acceptors (Lipinski definition) is 4. The molecule has 0 aliphatic rings. The van der Waals surface area contributed by atoms with Gasteiger partial charge in [-0.25, -0.2) is 4.79 Å². The van der Waals surface area contributed by atoms with Crippen molar-refractivity contribution in [1.82, 2.24) is 5.32 Å². The van der Waals surface area contributed by atoms with Crippen LogP contribution in [0.4, 0.5) is 5.69 Å². The van der Waals surface area contributed by atoms with E-state index in [0.717, 1.165) is 0 Å². The molecule has 1 amide bonds. The molecule has 5 nitrogen and oxygen atoms in total. The van der Waals surface area contributed by atoms with Gasteiger partial charge in [-0.3, -0.25) is 4.79 Å². The lowest BCUT2D eigenvalue weighted by Crippen LogP contribution is -2.28. The minimum atomic E-state index is -0.611. The molecule has 0 aliphatic carbocycles. The van der Waals surface area contributed by atoms with Crippen molar-refractivity contribution in [3.8, 4) is 0 Å². The highest BCUT2D eigenvalue weighted by Gasteiger charge is 2.10. The van der Waals surface area contributed by atoms with E-state index in [4.69, 9.17) is 22.1 Å². The Morgan fingerprint density at radius 1 is 1.47 bits per heavy atom. The first kappa shape index (κ1) is 13.3. The Kier molecular flexibility index (Phi) is 4.78. The maximum absolute atomic E-state index is 11.5. The van der Waals surface area contributed by atoms with E-state index in [1.807, 2.05) is 0 Å². The number of hydrogen-bond donors (Lipinski definition) is 2.